The molecule has 0 aromatic heterocycles. The highest BCUT2D eigenvalue weighted by atomic mass is 35.5. The molecule has 4 fully saturated rings. The summed E-state index contributed by atoms with van der Waals surface area (Å²) in [5.74, 6) is 2.42. The molecular formula is C32H38Cl2N2O2. The average Bonchev–Trinajstić information content (AvgIpc) is 2.87. The van der Waals surface area contributed by atoms with Crippen molar-refractivity contribution in [2.45, 2.75) is 69.6 Å². The average molecular weight is 554 g/mol. The third kappa shape index (κ3) is 5.23. The van der Waals surface area contributed by atoms with E-state index in [4.69, 9.17) is 28.2 Å². The first kappa shape index (κ1) is 26.5. The Morgan fingerprint density at radius 1 is 0.974 bits per heavy atom. The Bertz CT molecular complexity index is 1190. The second-order valence-corrected chi connectivity index (χ2v) is 13.3. The summed E-state index contributed by atoms with van der Waals surface area (Å²) in [6.45, 7) is 3.23. The van der Waals surface area contributed by atoms with Gasteiger partial charge in [0.15, 0.2) is 0 Å². The van der Waals surface area contributed by atoms with E-state index in [1.54, 1.807) is 12.2 Å². The lowest BCUT2D eigenvalue weighted by molar-refractivity contribution is -0.0426. The van der Waals surface area contributed by atoms with Crippen LogP contribution >= 0.6 is 23.2 Å². The molecule has 4 saturated carbocycles. The Balaban J connectivity index is 1.15. The van der Waals surface area contributed by atoms with Crippen molar-refractivity contribution < 1.29 is 10.2 Å². The third-order valence-corrected chi connectivity index (χ3v) is 10.1. The van der Waals surface area contributed by atoms with Gasteiger partial charge < -0.3 is 15.5 Å². The predicted molar refractivity (Wildman–Crippen MR) is 156 cm³/mol. The number of aliphatic hydroxyl groups is 2. The first-order chi connectivity index (χ1) is 18.3. The Morgan fingerprint density at radius 2 is 1.66 bits per heavy atom. The minimum atomic E-state index is -0.751. The highest BCUT2D eigenvalue weighted by molar-refractivity contribution is 6.32. The largest absolute Gasteiger partial charge is 0.388 e. The van der Waals surface area contributed by atoms with E-state index in [0.717, 1.165) is 34.6 Å². The molecule has 202 valence electrons. The highest BCUT2D eigenvalue weighted by Crippen LogP contribution is 2.63. The summed E-state index contributed by atoms with van der Waals surface area (Å²) in [6.07, 6.45) is 16.5. The highest BCUT2D eigenvalue weighted by Gasteiger charge is 2.54. The zero-order chi connectivity index (χ0) is 26.4. The molecule has 38 heavy (non-hydrogen) atoms. The van der Waals surface area contributed by atoms with Gasteiger partial charge in [-0.25, -0.2) is 0 Å². The lowest BCUT2D eigenvalue weighted by atomic mass is 9.46. The fourth-order valence-corrected chi connectivity index (χ4v) is 8.88. The second kappa shape index (κ2) is 10.7. The van der Waals surface area contributed by atoms with Gasteiger partial charge >= 0.3 is 0 Å². The zero-order valence-electron chi connectivity index (χ0n) is 22.0. The van der Waals surface area contributed by atoms with Crippen molar-refractivity contribution in [3.8, 4) is 0 Å². The molecule has 3 N–H and O–H groups in total. The minimum Gasteiger partial charge on any atom is -0.388 e. The summed E-state index contributed by atoms with van der Waals surface area (Å²) in [4.78, 5) is 4.89. The molecule has 0 radical (unpaired) electrons. The van der Waals surface area contributed by atoms with Crippen LogP contribution in [-0.2, 0) is 6.54 Å². The van der Waals surface area contributed by atoms with Crippen LogP contribution in [0.5, 0.6) is 0 Å². The summed E-state index contributed by atoms with van der Waals surface area (Å²) in [7, 11) is 0. The smallest absolute Gasteiger partial charge is 0.0965 e. The molecule has 1 aromatic carbocycles. The van der Waals surface area contributed by atoms with Gasteiger partial charge in [0.05, 0.1) is 23.3 Å². The van der Waals surface area contributed by atoms with Crippen molar-refractivity contribution in [1.29, 1.82) is 0 Å². The number of nitrogens with one attached hydrogen (secondary N) is 1. The number of aliphatic imine (C=N–C) groups is 1. The van der Waals surface area contributed by atoms with E-state index in [0.29, 0.717) is 18.1 Å². The van der Waals surface area contributed by atoms with E-state index >= 15 is 0 Å². The molecule has 0 saturated heterocycles. The Kier molecular flexibility index (Phi) is 7.47. The molecule has 0 aliphatic heterocycles. The maximum Gasteiger partial charge on any atom is 0.0965 e. The van der Waals surface area contributed by atoms with Crippen LogP contribution < -0.4 is 5.32 Å². The topological polar surface area (TPSA) is 64.9 Å². The summed E-state index contributed by atoms with van der Waals surface area (Å²) in [6, 6.07) is 8.07. The molecule has 4 bridgehead atoms. The van der Waals surface area contributed by atoms with Crippen LogP contribution in [0.2, 0.25) is 0 Å². The molecule has 4 unspecified atom stereocenters. The first-order valence-electron chi connectivity index (χ1n) is 14.1. The molecular weight excluding hydrogens is 515 g/mol. The number of alkyl halides is 1. The number of hydrogen-bond acceptors (Lipinski definition) is 4. The molecule has 0 heterocycles. The van der Waals surface area contributed by atoms with Crippen LogP contribution in [0.15, 0.2) is 75.3 Å². The predicted octanol–water partition coefficient (Wildman–Crippen LogP) is 6.59. The van der Waals surface area contributed by atoms with E-state index in [1.807, 2.05) is 24.4 Å². The molecule has 6 aliphatic rings. The number of rotatable bonds is 7. The van der Waals surface area contributed by atoms with Crippen LogP contribution in [0, 0.1) is 29.1 Å². The number of hydrogen-bond donors (Lipinski definition) is 3. The molecule has 4 atom stereocenters. The zero-order valence-corrected chi connectivity index (χ0v) is 23.5. The van der Waals surface area contributed by atoms with Gasteiger partial charge in [-0.2, -0.15) is 0 Å². The van der Waals surface area contributed by atoms with Crippen LogP contribution in [0.3, 0.4) is 0 Å². The molecule has 6 aliphatic carbocycles. The van der Waals surface area contributed by atoms with Crippen molar-refractivity contribution in [1.82, 2.24) is 5.32 Å². The first-order valence-corrected chi connectivity index (χ1v) is 14.9. The Labute approximate surface area is 236 Å². The van der Waals surface area contributed by atoms with Crippen LogP contribution in [0.25, 0.3) is 0 Å². The van der Waals surface area contributed by atoms with Crippen LogP contribution in [-0.4, -0.2) is 40.6 Å². The summed E-state index contributed by atoms with van der Waals surface area (Å²) in [5.41, 5.74) is 5.41. The van der Waals surface area contributed by atoms with E-state index < -0.39 is 17.6 Å². The Hall–Kier alpha value is -1.69. The van der Waals surface area contributed by atoms with Crippen molar-refractivity contribution in [2.24, 2.45) is 34.1 Å². The third-order valence-electron chi connectivity index (χ3n) is 9.52. The maximum absolute atomic E-state index is 11.6. The van der Waals surface area contributed by atoms with Crippen LogP contribution in [0.1, 0.15) is 51.0 Å². The summed E-state index contributed by atoms with van der Waals surface area (Å²) < 4.78 is 0. The fourth-order valence-electron chi connectivity index (χ4n) is 8.24. The molecule has 0 amide bonds. The van der Waals surface area contributed by atoms with Gasteiger partial charge in [-0.15, -0.1) is 11.6 Å². The maximum atomic E-state index is 11.6. The minimum absolute atomic E-state index is 0.124. The lowest BCUT2D eigenvalue weighted by Gasteiger charge is -2.58. The second-order valence-electron chi connectivity index (χ2n) is 12.4. The number of benzene rings is 1. The van der Waals surface area contributed by atoms with Crippen molar-refractivity contribution in [3.63, 3.8) is 0 Å². The van der Waals surface area contributed by atoms with Gasteiger partial charge in [-0.1, -0.05) is 47.5 Å². The van der Waals surface area contributed by atoms with Crippen LogP contribution in [0.4, 0.5) is 5.69 Å². The number of para-hydroxylation sites is 1. The number of aliphatic hydroxyl groups excluding tert-OH is 2. The number of allylic oxidation sites excluding steroid dienone is 4. The van der Waals surface area contributed by atoms with Gasteiger partial charge in [0.25, 0.3) is 0 Å². The molecule has 6 heteroatoms. The SMILES string of the molecule is CC1=CC(/C=N/c2ccccc2CNCC2=CC(Cl)=CC(Cl)C2O)C(O)C(C23CC4CC(CC(C4)C2)C3)=C1. The van der Waals surface area contributed by atoms with Crippen molar-refractivity contribution in [3.05, 3.63) is 75.9 Å². The van der Waals surface area contributed by atoms with Gasteiger partial charge in [-0.3, -0.25) is 4.99 Å². The standard InChI is InChI=1S/C32H38Cl2N2O2/c1-19-6-24(30(37)27(7-19)32-13-20-8-21(14-32)10-22(9-20)15-32)18-36-29-5-3-2-4-23(29)16-35-17-25-11-26(33)12-28(34)31(25)38/h2-7,11-12,18,20-22,24,28,30-31,35,37-38H,8-10,13-17H2,1H3/b36-18+. The van der Waals surface area contributed by atoms with Gasteiger partial charge in [0.1, 0.15) is 0 Å². The van der Waals surface area contributed by atoms with E-state index in [2.05, 4.69) is 30.5 Å². The molecule has 1 aromatic rings. The normalized spacial score (nSPS) is 38.2. The monoisotopic (exact) mass is 552 g/mol. The number of nitrogens with zero attached hydrogens (tertiary/aromatic N) is 1. The van der Waals surface area contributed by atoms with Gasteiger partial charge in [0, 0.05) is 30.3 Å². The molecule has 7 rings (SSSR count). The van der Waals surface area contributed by atoms with E-state index in [-0.39, 0.29) is 11.3 Å². The summed E-state index contributed by atoms with van der Waals surface area (Å²) in [5, 5.41) is 25.4. The van der Waals surface area contributed by atoms with Gasteiger partial charge in [0.2, 0.25) is 0 Å². The molecule has 4 nitrogen and oxygen atoms in total. The van der Waals surface area contributed by atoms with Crippen molar-refractivity contribution in [2.75, 3.05) is 6.54 Å². The van der Waals surface area contributed by atoms with E-state index in [9.17, 15) is 10.2 Å². The molecule has 0 spiro atoms. The van der Waals surface area contributed by atoms with Gasteiger partial charge in [-0.05, 0) is 104 Å². The van der Waals surface area contributed by atoms with Crippen molar-refractivity contribution >= 4 is 35.1 Å². The van der Waals surface area contributed by atoms with E-state index in [1.165, 1.54) is 49.7 Å². The summed E-state index contributed by atoms with van der Waals surface area (Å²) >= 11 is 12.3. The lowest BCUT2D eigenvalue weighted by Crippen LogP contribution is -2.49. The fraction of sp³-hybridized carbons (Fsp3) is 0.531. The Morgan fingerprint density at radius 3 is 2.37 bits per heavy atom. The number of halogens is 2. The quantitative estimate of drug-likeness (QED) is 0.264.